The molecule has 1 aliphatic carbocycles. The Kier molecular flexibility index (Phi) is 3.16. The van der Waals surface area contributed by atoms with Crippen molar-refractivity contribution in [1.82, 2.24) is 5.32 Å². The summed E-state index contributed by atoms with van der Waals surface area (Å²) in [5, 5.41) is 3.64. The lowest BCUT2D eigenvalue weighted by atomic mass is 10.1. The van der Waals surface area contributed by atoms with Gasteiger partial charge in [-0.2, -0.15) is 0 Å². The van der Waals surface area contributed by atoms with Gasteiger partial charge in [0.25, 0.3) is 0 Å². The van der Waals surface area contributed by atoms with Gasteiger partial charge in [-0.3, -0.25) is 0 Å². The Labute approximate surface area is 109 Å². The molecule has 1 aromatic carbocycles. The van der Waals surface area contributed by atoms with Gasteiger partial charge in [0.15, 0.2) is 0 Å². The van der Waals surface area contributed by atoms with E-state index in [2.05, 4.69) is 29.6 Å². The van der Waals surface area contributed by atoms with Gasteiger partial charge < -0.3 is 5.32 Å². The monoisotopic (exact) mass is 265 g/mol. The van der Waals surface area contributed by atoms with Crippen LogP contribution >= 0.6 is 0 Å². The Morgan fingerprint density at radius 2 is 1.50 bits per heavy atom. The van der Waals surface area contributed by atoms with Crippen molar-refractivity contribution in [1.29, 1.82) is 0 Å². The Hall–Kier alpha value is -0.870. The molecule has 3 rings (SSSR count). The maximum atomic E-state index is 11.4. The molecule has 1 heterocycles. The van der Waals surface area contributed by atoms with Gasteiger partial charge >= 0.3 is 0 Å². The van der Waals surface area contributed by atoms with Gasteiger partial charge in [0, 0.05) is 12.1 Å². The van der Waals surface area contributed by atoms with Crippen LogP contribution in [0.5, 0.6) is 0 Å². The predicted molar refractivity (Wildman–Crippen MR) is 72.4 cm³/mol. The fourth-order valence-electron chi connectivity index (χ4n) is 3.07. The highest BCUT2D eigenvalue weighted by Crippen LogP contribution is 2.23. The van der Waals surface area contributed by atoms with Crippen LogP contribution in [0.25, 0.3) is 0 Å². The summed E-state index contributed by atoms with van der Waals surface area (Å²) in [4.78, 5) is 0. The van der Waals surface area contributed by atoms with Crippen molar-refractivity contribution in [3.63, 3.8) is 0 Å². The number of hydrogen-bond acceptors (Lipinski definition) is 3. The Bertz CT molecular complexity index is 499. The molecule has 1 N–H and O–H groups in total. The van der Waals surface area contributed by atoms with E-state index in [1.54, 1.807) is 0 Å². The van der Waals surface area contributed by atoms with E-state index in [0.717, 1.165) is 25.7 Å². The molecule has 1 saturated heterocycles. The Morgan fingerprint density at radius 1 is 0.944 bits per heavy atom. The first-order valence-electron chi connectivity index (χ1n) is 6.66. The molecular formula is C14H19NO2S. The van der Waals surface area contributed by atoms with Crippen molar-refractivity contribution in [2.75, 3.05) is 11.5 Å². The first-order chi connectivity index (χ1) is 8.62. The van der Waals surface area contributed by atoms with Crippen molar-refractivity contribution >= 4 is 9.84 Å². The average Bonchev–Trinajstić information content (AvgIpc) is 2.74. The van der Waals surface area contributed by atoms with E-state index in [1.165, 1.54) is 11.1 Å². The summed E-state index contributed by atoms with van der Waals surface area (Å²) in [6.45, 7) is 0. The summed E-state index contributed by atoms with van der Waals surface area (Å²) in [6.07, 6.45) is 3.71. The highest BCUT2D eigenvalue weighted by atomic mass is 32.2. The molecule has 98 valence electrons. The predicted octanol–water partition coefficient (Wildman–Crippen LogP) is 1.32. The van der Waals surface area contributed by atoms with Crippen LogP contribution in [0, 0.1) is 0 Å². The second-order valence-electron chi connectivity index (χ2n) is 5.47. The van der Waals surface area contributed by atoms with Gasteiger partial charge in [-0.15, -0.1) is 0 Å². The first kappa shape index (κ1) is 12.2. The highest BCUT2D eigenvalue weighted by molar-refractivity contribution is 7.91. The molecule has 1 aromatic rings. The summed E-state index contributed by atoms with van der Waals surface area (Å²) in [7, 11) is -2.74. The molecule has 0 bridgehead atoms. The quantitative estimate of drug-likeness (QED) is 0.877. The molecule has 4 heteroatoms. The minimum atomic E-state index is -2.74. The molecule has 2 aliphatic rings. The zero-order valence-corrected chi connectivity index (χ0v) is 11.2. The summed E-state index contributed by atoms with van der Waals surface area (Å²) in [5.41, 5.74) is 2.89. The van der Waals surface area contributed by atoms with E-state index >= 15 is 0 Å². The van der Waals surface area contributed by atoms with Gasteiger partial charge in [-0.1, -0.05) is 24.3 Å². The maximum absolute atomic E-state index is 11.4. The van der Waals surface area contributed by atoms with Crippen molar-refractivity contribution in [2.24, 2.45) is 0 Å². The van der Waals surface area contributed by atoms with E-state index in [9.17, 15) is 8.42 Å². The van der Waals surface area contributed by atoms with Gasteiger partial charge in [0.1, 0.15) is 9.84 Å². The molecule has 0 unspecified atom stereocenters. The molecule has 0 radical (unpaired) electrons. The summed E-state index contributed by atoms with van der Waals surface area (Å²) in [6, 6.07) is 9.45. The zero-order chi connectivity index (χ0) is 12.6. The second-order valence-corrected chi connectivity index (χ2v) is 7.77. The number of fused-ring (bicyclic) bond motifs is 1. The first-order valence-corrected chi connectivity index (χ1v) is 8.48. The summed E-state index contributed by atoms with van der Waals surface area (Å²) in [5.74, 6) is 0.703. The Morgan fingerprint density at radius 3 is 2.06 bits per heavy atom. The van der Waals surface area contributed by atoms with Crippen molar-refractivity contribution in [2.45, 2.75) is 37.8 Å². The number of nitrogens with one attached hydrogen (secondary N) is 1. The molecule has 0 saturated carbocycles. The standard InChI is InChI=1S/C14H19NO2S/c16-18(17)7-5-13(6-8-18)15-14-9-11-3-1-2-4-12(11)10-14/h1-4,13-15H,5-10H2. The number of benzene rings is 1. The fourth-order valence-corrected chi connectivity index (χ4v) is 4.56. The second kappa shape index (κ2) is 4.67. The molecule has 0 aromatic heterocycles. The third-order valence-electron chi connectivity index (χ3n) is 4.08. The normalized spacial score (nSPS) is 24.0. The summed E-state index contributed by atoms with van der Waals surface area (Å²) >= 11 is 0. The minimum Gasteiger partial charge on any atom is -0.311 e. The van der Waals surface area contributed by atoms with Crippen LogP contribution < -0.4 is 5.32 Å². The molecule has 0 amide bonds. The minimum absolute atomic E-state index is 0.352. The van der Waals surface area contributed by atoms with E-state index in [0.29, 0.717) is 23.6 Å². The molecule has 3 nitrogen and oxygen atoms in total. The van der Waals surface area contributed by atoms with Crippen molar-refractivity contribution in [3.05, 3.63) is 35.4 Å². The fraction of sp³-hybridized carbons (Fsp3) is 0.571. The highest BCUT2D eigenvalue weighted by Gasteiger charge is 2.27. The lowest BCUT2D eigenvalue weighted by Gasteiger charge is -2.26. The third kappa shape index (κ3) is 2.59. The number of sulfone groups is 1. The molecule has 18 heavy (non-hydrogen) atoms. The topological polar surface area (TPSA) is 46.2 Å². The number of hydrogen-bond donors (Lipinski definition) is 1. The van der Waals surface area contributed by atoms with Crippen LogP contribution in [0.3, 0.4) is 0 Å². The third-order valence-corrected chi connectivity index (χ3v) is 5.79. The van der Waals surface area contributed by atoms with Crippen LogP contribution in [0.1, 0.15) is 24.0 Å². The maximum Gasteiger partial charge on any atom is 0.150 e. The van der Waals surface area contributed by atoms with Crippen LogP contribution in [0.4, 0.5) is 0 Å². The lowest BCUT2D eigenvalue weighted by Crippen LogP contribution is -2.43. The van der Waals surface area contributed by atoms with E-state index in [-0.39, 0.29) is 0 Å². The SMILES string of the molecule is O=S1(=O)CCC(NC2Cc3ccccc3C2)CC1. The van der Waals surface area contributed by atoms with Gasteiger partial charge in [0.05, 0.1) is 11.5 Å². The van der Waals surface area contributed by atoms with Crippen LogP contribution in [-0.2, 0) is 22.7 Å². The lowest BCUT2D eigenvalue weighted by molar-refractivity contribution is 0.405. The van der Waals surface area contributed by atoms with Crippen LogP contribution in [0.2, 0.25) is 0 Å². The zero-order valence-electron chi connectivity index (χ0n) is 10.4. The summed E-state index contributed by atoms with van der Waals surface area (Å²) < 4.78 is 22.8. The van der Waals surface area contributed by atoms with Crippen LogP contribution in [0.15, 0.2) is 24.3 Å². The van der Waals surface area contributed by atoms with E-state index in [1.807, 2.05) is 0 Å². The number of rotatable bonds is 2. The smallest absolute Gasteiger partial charge is 0.150 e. The van der Waals surface area contributed by atoms with Gasteiger partial charge in [-0.05, 0) is 36.8 Å². The molecular weight excluding hydrogens is 246 g/mol. The van der Waals surface area contributed by atoms with E-state index in [4.69, 9.17) is 0 Å². The largest absolute Gasteiger partial charge is 0.311 e. The van der Waals surface area contributed by atoms with E-state index < -0.39 is 9.84 Å². The molecule has 1 aliphatic heterocycles. The van der Waals surface area contributed by atoms with Crippen molar-refractivity contribution < 1.29 is 8.42 Å². The van der Waals surface area contributed by atoms with Crippen molar-refractivity contribution in [3.8, 4) is 0 Å². The van der Waals surface area contributed by atoms with Gasteiger partial charge in [-0.25, -0.2) is 8.42 Å². The average molecular weight is 265 g/mol. The van der Waals surface area contributed by atoms with Crippen LogP contribution in [-0.4, -0.2) is 32.0 Å². The molecule has 0 atom stereocenters. The molecule has 0 spiro atoms. The molecule has 1 fully saturated rings. The van der Waals surface area contributed by atoms with Gasteiger partial charge in [0.2, 0.25) is 0 Å². The Balaban J connectivity index is 1.57.